The zero-order valence-electron chi connectivity index (χ0n) is 12.9. The van der Waals surface area contributed by atoms with Crippen molar-refractivity contribution in [2.45, 2.75) is 40.7 Å². The maximum absolute atomic E-state index is 11.9. The van der Waals surface area contributed by atoms with Gasteiger partial charge in [-0.1, -0.05) is 20.8 Å². The van der Waals surface area contributed by atoms with Crippen LogP contribution in [0.15, 0.2) is 16.9 Å². The summed E-state index contributed by atoms with van der Waals surface area (Å²) in [6.07, 6.45) is 0.476. The zero-order valence-corrected chi connectivity index (χ0v) is 12.9. The fraction of sp³-hybridized carbons (Fsp3) is 0.600. The molecule has 1 heterocycles. The van der Waals surface area contributed by atoms with E-state index >= 15 is 0 Å². The molecule has 20 heavy (non-hydrogen) atoms. The standard InChI is InChI=1S/C15H24N2O3/c1-11-8-12(20-5)9-14(19)17(11)7-6-16-13(18)10-15(2,3)4/h8-9H,6-7,10H2,1-5H3,(H,16,18). The molecule has 0 atom stereocenters. The molecule has 0 spiro atoms. The van der Waals surface area contributed by atoms with E-state index < -0.39 is 0 Å². The Morgan fingerprint density at radius 3 is 2.50 bits per heavy atom. The minimum atomic E-state index is -0.119. The van der Waals surface area contributed by atoms with Crippen molar-refractivity contribution in [3.8, 4) is 5.75 Å². The van der Waals surface area contributed by atoms with Gasteiger partial charge in [-0.3, -0.25) is 9.59 Å². The predicted octanol–water partition coefficient (Wildman–Crippen LogP) is 1.72. The van der Waals surface area contributed by atoms with E-state index in [4.69, 9.17) is 4.74 Å². The highest BCUT2D eigenvalue weighted by atomic mass is 16.5. The molecule has 0 saturated heterocycles. The Bertz CT molecular complexity index is 527. The number of methoxy groups -OCH3 is 1. The third kappa shape index (κ3) is 5.07. The van der Waals surface area contributed by atoms with Crippen molar-refractivity contribution in [3.05, 3.63) is 28.2 Å². The molecule has 5 nitrogen and oxygen atoms in total. The summed E-state index contributed by atoms with van der Waals surface area (Å²) in [4.78, 5) is 23.6. The van der Waals surface area contributed by atoms with Crippen LogP contribution in [0, 0.1) is 12.3 Å². The molecule has 5 heteroatoms. The van der Waals surface area contributed by atoms with Crippen LogP contribution in [0.3, 0.4) is 0 Å². The van der Waals surface area contributed by atoms with Crippen molar-refractivity contribution in [2.24, 2.45) is 5.41 Å². The number of amides is 1. The first-order chi connectivity index (χ1) is 9.23. The Balaban J connectivity index is 2.59. The van der Waals surface area contributed by atoms with E-state index in [1.165, 1.54) is 13.2 Å². The number of rotatable bonds is 5. The lowest BCUT2D eigenvalue weighted by Crippen LogP contribution is -2.33. The lowest BCUT2D eigenvalue weighted by Gasteiger charge is -2.17. The van der Waals surface area contributed by atoms with Crippen molar-refractivity contribution in [1.82, 2.24) is 9.88 Å². The van der Waals surface area contributed by atoms with E-state index in [0.29, 0.717) is 25.3 Å². The molecule has 0 aliphatic heterocycles. The van der Waals surface area contributed by atoms with Crippen LogP contribution in [0.1, 0.15) is 32.9 Å². The molecule has 0 aliphatic carbocycles. The van der Waals surface area contributed by atoms with Gasteiger partial charge in [0, 0.05) is 31.3 Å². The van der Waals surface area contributed by atoms with Crippen molar-refractivity contribution in [2.75, 3.05) is 13.7 Å². The van der Waals surface area contributed by atoms with Crippen molar-refractivity contribution in [1.29, 1.82) is 0 Å². The van der Waals surface area contributed by atoms with Gasteiger partial charge in [0.2, 0.25) is 5.91 Å². The molecular formula is C15H24N2O3. The molecule has 1 aromatic heterocycles. The molecule has 0 radical (unpaired) electrons. The monoisotopic (exact) mass is 280 g/mol. The number of aromatic nitrogens is 1. The number of nitrogens with zero attached hydrogens (tertiary/aromatic N) is 1. The summed E-state index contributed by atoms with van der Waals surface area (Å²) in [5, 5.41) is 2.84. The van der Waals surface area contributed by atoms with Gasteiger partial charge < -0.3 is 14.6 Å². The number of carbonyl (C=O) groups excluding carboxylic acids is 1. The first kappa shape index (κ1) is 16.3. The number of pyridine rings is 1. The summed E-state index contributed by atoms with van der Waals surface area (Å²) < 4.78 is 6.67. The lowest BCUT2D eigenvalue weighted by atomic mass is 9.92. The van der Waals surface area contributed by atoms with Gasteiger partial charge in [-0.25, -0.2) is 0 Å². The summed E-state index contributed by atoms with van der Waals surface area (Å²) in [5.41, 5.74) is 0.670. The molecule has 1 N–H and O–H groups in total. The third-order valence-electron chi connectivity index (χ3n) is 2.89. The van der Waals surface area contributed by atoms with E-state index in [1.54, 1.807) is 10.6 Å². The summed E-state index contributed by atoms with van der Waals surface area (Å²) in [7, 11) is 1.53. The molecule has 1 rings (SSSR count). The van der Waals surface area contributed by atoms with Gasteiger partial charge in [-0.2, -0.15) is 0 Å². The highest BCUT2D eigenvalue weighted by molar-refractivity contribution is 5.76. The van der Waals surface area contributed by atoms with E-state index in [2.05, 4.69) is 5.32 Å². The average molecular weight is 280 g/mol. The van der Waals surface area contributed by atoms with Crippen LogP contribution >= 0.6 is 0 Å². The highest BCUT2D eigenvalue weighted by Gasteiger charge is 2.15. The van der Waals surface area contributed by atoms with Gasteiger partial charge >= 0.3 is 0 Å². The number of hydrogen-bond acceptors (Lipinski definition) is 3. The Hall–Kier alpha value is -1.78. The van der Waals surface area contributed by atoms with Crippen molar-refractivity contribution < 1.29 is 9.53 Å². The van der Waals surface area contributed by atoms with Crippen LogP contribution in [0.5, 0.6) is 5.75 Å². The molecule has 1 aromatic rings. The lowest BCUT2D eigenvalue weighted by molar-refractivity contribution is -0.122. The van der Waals surface area contributed by atoms with Gasteiger partial charge in [0.1, 0.15) is 5.75 Å². The molecule has 1 amide bonds. The average Bonchev–Trinajstić information content (AvgIpc) is 2.30. The second-order valence-corrected chi connectivity index (χ2v) is 6.11. The topological polar surface area (TPSA) is 60.3 Å². The third-order valence-corrected chi connectivity index (χ3v) is 2.89. The molecule has 0 aliphatic rings. The molecule has 0 aromatic carbocycles. The quantitative estimate of drug-likeness (QED) is 0.893. The molecule has 0 unspecified atom stereocenters. The van der Waals surface area contributed by atoms with Gasteiger partial charge in [0.15, 0.2) is 0 Å². The van der Waals surface area contributed by atoms with E-state index in [-0.39, 0.29) is 16.9 Å². The van der Waals surface area contributed by atoms with Gasteiger partial charge in [0.05, 0.1) is 7.11 Å². The van der Waals surface area contributed by atoms with Gasteiger partial charge in [-0.05, 0) is 18.4 Å². The minimum absolute atomic E-state index is 0.0108. The molecule has 0 saturated carbocycles. The maximum atomic E-state index is 11.9. The normalized spacial score (nSPS) is 11.2. The van der Waals surface area contributed by atoms with Crippen LogP contribution < -0.4 is 15.6 Å². The number of hydrogen-bond donors (Lipinski definition) is 1. The largest absolute Gasteiger partial charge is 0.496 e. The van der Waals surface area contributed by atoms with Crippen LogP contribution in [-0.2, 0) is 11.3 Å². The molecular weight excluding hydrogens is 256 g/mol. The molecule has 0 bridgehead atoms. The Kier molecular flexibility index (Phi) is 5.36. The Morgan fingerprint density at radius 2 is 2.00 bits per heavy atom. The van der Waals surface area contributed by atoms with Crippen molar-refractivity contribution in [3.63, 3.8) is 0 Å². The van der Waals surface area contributed by atoms with Gasteiger partial charge in [0.25, 0.3) is 5.56 Å². The number of carbonyl (C=O) groups is 1. The maximum Gasteiger partial charge on any atom is 0.254 e. The number of ether oxygens (including phenoxy) is 1. The summed E-state index contributed by atoms with van der Waals surface area (Å²) in [6, 6.07) is 3.25. The zero-order chi connectivity index (χ0) is 15.3. The van der Waals surface area contributed by atoms with Crippen LogP contribution in [-0.4, -0.2) is 24.1 Å². The second kappa shape index (κ2) is 6.59. The molecule has 112 valence electrons. The summed E-state index contributed by atoms with van der Waals surface area (Å²) in [6.45, 7) is 8.81. The fourth-order valence-corrected chi connectivity index (χ4v) is 1.95. The van der Waals surface area contributed by atoms with E-state index in [9.17, 15) is 9.59 Å². The number of nitrogens with one attached hydrogen (secondary N) is 1. The van der Waals surface area contributed by atoms with Crippen molar-refractivity contribution >= 4 is 5.91 Å². The second-order valence-electron chi connectivity index (χ2n) is 6.11. The van der Waals surface area contributed by atoms with E-state index in [0.717, 1.165) is 5.69 Å². The van der Waals surface area contributed by atoms with Crippen LogP contribution in [0.4, 0.5) is 0 Å². The highest BCUT2D eigenvalue weighted by Crippen LogP contribution is 2.17. The summed E-state index contributed by atoms with van der Waals surface area (Å²) in [5.74, 6) is 0.567. The fourth-order valence-electron chi connectivity index (χ4n) is 1.95. The smallest absolute Gasteiger partial charge is 0.254 e. The van der Waals surface area contributed by atoms with Crippen LogP contribution in [0.2, 0.25) is 0 Å². The first-order valence-electron chi connectivity index (χ1n) is 6.75. The SMILES string of the molecule is COc1cc(C)n(CCNC(=O)CC(C)(C)C)c(=O)c1. The predicted molar refractivity (Wildman–Crippen MR) is 79.1 cm³/mol. The number of aryl methyl sites for hydroxylation is 1. The Labute approximate surface area is 119 Å². The van der Waals surface area contributed by atoms with E-state index in [1.807, 2.05) is 27.7 Å². The summed E-state index contributed by atoms with van der Waals surface area (Å²) >= 11 is 0. The Morgan fingerprint density at radius 1 is 1.35 bits per heavy atom. The first-order valence-corrected chi connectivity index (χ1v) is 6.75. The van der Waals surface area contributed by atoms with Crippen LogP contribution in [0.25, 0.3) is 0 Å². The van der Waals surface area contributed by atoms with Gasteiger partial charge in [-0.15, -0.1) is 0 Å². The molecule has 0 fully saturated rings. The minimum Gasteiger partial charge on any atom is -0.496 e.